The van der Waals surface area contributed by atoms with Gasteiger partial charge in [-0.3, -0.25) is 10.1 Å². The maximum Gasteiger partial charge on any atom is 0.228 e. The van der Waals surface area contributed by atoms with Crippen LogP contribution in [0.3, 0.4) is 0 Å². The summed E-state index contributed by atoms with van der Waals surface area (Å²) in [6.07, 6.45) is 5.21. The van der Waals surface area contributed by atoms with Crippen LogP contribution in [0.1, 0.15) is 38.1 Å². The number of imidazole rings is 1. The number of benzene rings is 1. The quantitative estimate of drug-likeness (QED) is 0.875. The van der Waals surface area contributed by atoms with Gasteiger partial charge in [-0.1, -0.05) is 25.0 Å². The third kappa shape index (κ3) is 3.97. The second kappa shape index (κ2) is 8.17. The molecule has 1 saturated heterocycles. The molecule has 7 heteroatoms. The minimum atomic E-state index is -0.00690. The first-order chi connectivity index (χ1) is 11.8. The van der Waals surface area contributed by atoms with Crippen LogP contribution in [-0.2, 0) is 9.53 Å². The summed E-state index contributed by atoms with van der Waals surface area (Å²) in [4.78, 5) is 17.1. The fraction of sp³-hybridized carbons (Fsp3) is 0.556. The Morgan fingerprint density at radius 1 is 1.32 bits per heavy atom. The summed E-state index contributed by atoms with van der Waals surface area (Å²) in [5.74, 6) is 0.678. The van der Waals surface area contributed by atoms with Crippen LogP contribution < -0.4 is 10.6 Å². The molecule has 4 rings (SSSR count). The summed E-state index contributed by atoms with van der Waals surface area (Å²) in [6, 6.07) is 8.64. The molecule has 1 aliphatic carbocycles. The molecule has 1 amide bonds. The van der Waals surface area contributed by atoms with Crippen LogP contribution >= 0.6 is 12.4 Å². The molecule has 1 aromatic heterocycles. The van der Waals surface area contributed by atoms with Crippen LogP contribution in [-0.4, -0.2) is 41.3 Å². The second-order valence-electron chi connectivity index (χ2n) is 6.71. The molecule has 6 nitrogen and oxygen atoms in total. The first-order valence-electron chi connectivity index (χ1n) is 8.89. The van der Waals surface area contributed by atoms with E-state index in [1.54, 1.807) is 0 Å². The Labute approximate surface area is 153 Å². The Balaban J connectivity index is 0.00000182. The zero-order chi connectivity index (χ0) is 16.4. The third-order valence-electron chi connectivity index (χ3n) is 4.97. The Bertz CT molecular complexity index is 721. The predicted octanol–water partition coefficient (Wildman–Crippen LogP) is 2.89. The van der Waals surface area contributed by atoms with Gasteiger partial charge in [-0.15, -0.1) is 12.4 Å². The van der Waals surface area contributed by atoms with Crippen LogP contribution in [0.25, 0.3) is 11.0 Å². The SMILES string of the molecule is Cl.O=C(CC1COCCN1)Nc1nc2ccccc2n1C1CCCC1. The van der Waals surface area contributed by atoms with E-state index in [1.165, 1.54) is 12.8 Å². The molecule has 25 heavy (non-hydrogen) atoms. The zero-order valence-electron chi connectivity index (χ0n) is 14.2. The minimum absolute atomic E-state index is 0. The normalized spacial score (nSPS) is 21.2. The van der Waals surface area contributed by atoms with Gasteiger partial charge in [0, 0.05) is 25.0 Å². The molecule has 2 aromatic rings. The van der Waals surface area contributed by atoms with Crippen molar-refractivity contribution in [2.45, 2.75) is 44.2 Å². The number of hydrogen-bond acceptors (Lipinski definition) is 4. The topological polar surface area (TPSA) is 68.2 Å². The van der Waals surface area contributed by atoms with Crippen molar-refractivity contribution in [2.75, 3.05) is 25.1 Å². The molecule has 1 saturated carbocycles. The van der Waals surface area contributed by atoms with Gasteiger partial charge in [0.1, 0.15) is 0 Å². The Morgan fingerprint density at radius 3 is 2.88 bits per heavy atom. The minimum Gasteiger partial charge on any atom is -0.378 e. The Hall–Kier alpha value is -1.63. The van der Waals surface area contributed by atoms with Crippen molar-refractivity contribution in [2.24, 2.45) is 0 Å². The lowest BCUT2D eigenvalue weighted by atomic mass is 10.2. The van der Waals surface area contributed by atoms with Gasteiger partial charge in [-0.05, 0) is 25.0 Å². The molecule has 2 fully saturated rings. The van der Waals surface area contributed by atoms with Crippen LogP contribution in [0.5, 0.6) is 0 Å². The number of fused-ring (bicyclic) bond motifs is 1. The van der Waals surface area contributed by atoms with E-state index in [2.05, 4.69) is 26.3 Å². The first-order valence-corrected chi connectivity index (χ1v) is 8.89. The van der Waals surface area contributed by atoms with Crippen molar-refractivity contribution in [1.29, 1.82) is 0 Å². The number of hydrogen-bond donors (Lipinski definition) is 2. The van der Waals surface area contributed by atoms with Crippen LogP contribution in [0.2, 0.25) is 0 Å². The number of halogens is 1. The molecule has 1 atom stereocenters. The summed E-state index contributed by atoms with van der Waals surface area (Å²) < 4.78 is 7.65. The van der Waals surface area contributed by atoms with Crippen LogP contribution in [0.4, 0.5) is 5.95 Å². The van der Waals surface area contributed by atoms with Gasteiger partial charge >= 0.3 is 0 Å². The fourth-order valence-corrected chi connectivity index (χ4v) is 3.82. The van der Waals surface area contributed by atoms with Gasteiger partial charge in [0.2, 0.25) is 11.9 Å². The van der Waals surface area contributed by atoms with E-state index in [-0.39, 0.29) is 24.4 Å². The molecule has 1 aliphatic heterocycles. The van der Waals surface area contributed by atoms with E-state index in [0.29, 0.717) is 25.0 Å². The first kappa shape index (κ1) is 18.2. The number of morpholine rings is 1. The molecular weight excluding hydrogens is 340 g/mol. The molecule has 2 aliphatic rings. The van der Waals surface area contributed by atoms with E-state index in [4.69, 9.17) is 4.74 Å². The van der Waals surface area contributed by atoms with Gasteiger partial charge in [0.15, 0.2) is 0 Å². The van der Waals surface area contributed by atoms with Crippen molar-refractivity contribution in [3.63, 3.8) is 0 Å². The van der Waals surface area contributed by atoms with E-state index in [9.17, 15) is 4.79 Å². The van der Waals surface area contributed by atoms with Crippen molar-refractivity contribution in [3.05, 3.63) is 24.3 Å². The summed E-state index contributed by atoms with van der Waals surface area (Å²) >= 11 is 0. The molecule has 1 unspecified atom stereocenters. The van der Waals surface area contributed by atoms with Crippen molar-refractivity contribution in [1.82, 2.24) is 14.9 Å². The number of carbonyl (C=O) groups is 1. The molecule has 2 N–H and O–H groups in total. The highest BCUT2D eigenvalue weighted by molar-refractivity contribution is 5.92. The van der Waals surface area contributed by atoms with E-state index in [0.717, 1.165) is 37.0 Å². The Kier molecular flexibility index (Phi) is 5.93. The number of aromatic nitrogens is 2. The maximum atomic E-state index is 12.5. The number of anilines is 1. The summed E-state index contributed by atoms with van der Waals surface area (Å²) in [5.41, 5.74) is 2.05. The average Bonchev–Trinajstić information content (AvgIpc) is 3.22. The molecule has 2 heterocycles. The lowest BCUT2D eigenvalue weighted by molar-refractivity contribution is -0.117. The van der Waals surface area contributed by atoms with Crippen LogP contribution in [0.15, 0.2) is 24.3 Å². The predicted molar refractivity (Wildman–Crippen MR) is 100 cm³/mol. The average molecular weight is 365 g/mol. The van der Waals surface area contributed by atoms with Gasteiger partial charge in [0.05, 0.1) is 24.2 Å². The molecule has 0 spiro atoms. The Morgan fingerprint density at radius 2 is 2.12 bits per heavy atom. The standard InChI is InChI=1S/C18H24N4O2.ClH/c23-17(11-13-12-24-10-9-19-13)21-18-20-15-7-3-4-8-16(15)22(18)14-5-1-2-6-14;/h3-4,7-8,13-14,19H,1-2,5-6,9-12H2,(H,20,21,23);1H. The number of amides is 1. The third-order valence-corrected chi connectivity index (χ3v) is 4.97. The highest BCUT2D eigenvalue weighted by Crippen LogP contribution is 2.35. The molecule has 1 aromatic carbocycles. The smallest absolute Gasteiger partial charge is 0.228 e. The van der Waals surface area contributed by atoms with Gasteiger partial charge < -0.3 is 14.6 Å². The van der Waals surface area contributed by atoms with Gasteiger partial charge in [-0.25, -0.2) is 4.98 Å². The fourth-order valence-electron chi connectivity index (χ4n) is 3.82. The lowest BCUT2D eigenvalue weighted by Crippen LogP contribution is -2.43. The summed E-state index contributed by atoms with van der Waals surface area (Å²) in [5, 5.41) is 6.36. The number of nitrogens with zero attached hydrogens (tertiary/aromatic N) is 2. The summed E-state index contributed by atoms with van der Waals surface area (Å²) in [6.45, 7) is 2.11. The maximum absolute atomic E-state index is 12.5. The van der Waals surface area contributed by atoms with E-state index in [1.807, 2.05) is 18.2 Å². The van der Waals surface area contributed by atoms with E-state index >= 15 is 0 Å². The highest BCUT2D eigenvalue weighted by Gasteiger charge is 2.24. The number of carbonyl (C=O) groups excluding carboxylic acids is 1. The summed E-state index contributed by atoms with van der Waals surface area (Å²) in [7, 11) is 0. The monoisotopic (exact) mass is 364 g/mol. The van der Waals surface area contributed by atoms with Crippen LogP contribution in [0, 0.1) is 0 Å². The number of para-hydroxylation sites is 2. The van der Waals surface area contributed by atoms with Crippen molar-refractivity contribution in [3.8, 4) is 0 Å². The highest BCUT2D eigenvalue weighted by atomic mass is 35.5. The molecule has 136 valence electrons. The largest absolute Gasteiger partial charge is 0.378 e. The molecular formula is C18H25ClN4O2. The number of nitrogens with one attached hydrogen (secondary N) is 2. The second-order valence-corrected chi connectivity index (χ2v) is 6.71. The van der Waals surface area contributed by atoms with Gasteiger partial charge in [-0.2, -0.15) is 0 Å². The van der Waals surface area contributed by atoms with Crippen molar-refractivity contribution < 1.29 is 9.53 Å². The molecule has 0 radical (unpaired) electrons. The zero-order valence-corrected chi connectivity index (χ0v) is 15.1. The van der Waals surface area contributed by atoms with Gasteiger partial charge in [0.25, 0.3) is 0 Å². The van der Waals surface area contributed by atoms with Crippen molar-refractivity contribution >= 4 is 35.3 Å². The number of ether oxygens (including phenoxy) is 1. The lowest BCUT2D eigenvalue weighted by Gasteiger charge is -2.23. The van der Waals surface area contributed by atoms with E-state index < -0.39 is 0 Å². The number of rotatable bonds is 4. The molecule has 0 bridgehead atoms.